The predicted octanol–water partition coefficient (Wildman–Crippen LogP) is 1.48. The minimum atomic E-state index is -4.07. The number of aliphatic hydroxyl groups is 1. The largest absolute Gasteiger partial charge is 0.493 e. The van der Waals surface area contributed by atoms with Crippen LogP contribution in [0.4, 0.5) is 10.1 Å². The summed E-state index contributed by atoms with van der Waals surface area (Å²) in [4.78, 5) is 12.1. The normalized spacial score (nSPS) is 14.8. The van der Waals surface area contributed by atoms with Crippen molar-refractivity contribution in [3.8, 4) is 11.5 Å². The number of sulfonamides is 1. The number of amides is 1. The number of carbonyl (C=O) groups excluding carboxylic acids is 1. The zero-order chi connectivity index (χ0) is 22.4. The van der Waals surface area contributed by atoms with Gasteiger partial charge in [0, 0.05) is 24.3 Å². The molecule has 31 heavy (non-hydrogen) atoms. The second-order valence-electron chi connectivity index (χ2n) is 6.55. The van der Waals surface area contributed by atoms with E-state index >= 15 is 0 Å². The van der Waals surface area contributed by atoms with Gasteiger partial charge in [-0.2, -0.15) is 4.31 Å². The molecular formula is C20H23FN2O7S. The van der Waals surface area contributed by atoms with Gasteiger partial charge in [-0.1, -0.05) is 0 Å². The number of benzene rings is 2. The number of nitrogens with zero attached hydrogens (tertiary/aromatic N) is 1. The highest BCUT2D eigenvalue weighted by atomic mass is 32.2. The van der Waals surface area contributed by atoms with Crippen LogP contribution in [0.2, 0.25) is 0 Å². The number of morpholine rings is 1. The average molecular weight is 454 g/mol. The minimum absolute atomic E-state index is 0.0160. The van der Waals surface area contributed by atoms with E-state index < -0.39 is 26.6 Å². The van der Waals surface area contributed by atoms with E-state index in [9.17, 15) is 17.6 Å². The number of rotatable bonds is 8. The molecule has 1 amide bonds. The first-order chi connectivity index (χ1) is 14.9. The quantitative estimate of drug-likeness (QED) is 0.621. The van der Waals surface area contributed by atoms with E-state index in [-0.39, 0.29) is 56.5 Å². The molecule has 0 saturated carbocycles. The molecule has 2 aromatic rings. The Morgan fingerprint density at radius 1 is 1.19 bits per heavy atom. The van der Waals surface area contributed by atoms with Crippen LogP contribution in [0, 0.1) is 5.82 Å². The number of hydrogen-bond donors (Lipinski definition) is 2. The fraction of sp³-hybridized carbons (Fsp3) is 0.350. The third-order valence-corrected chi connectivity index (χ3v) is 6.47. The summed E-state index contributed by atoms with van der Waals surface area (Å²) in [5, 5.41) is 11.5. The van der Waals surface area contributed by atoms with Crippen molar-refractivity contribution in [2.24, 2.45) is 0 Å². The molecule has 0 aliphatic carbocycles. The highest BCUT2D eigenvalue weighted by molar-refractivity contribution is 7.89. The highest BCUT2D eigenvalue weighted by Gasteiger charge is 2.29. The van der Waals surface area contributed by atoms with Crippen LogP contribution in [0.1, 0.15) is 10.4 Å². The van der Waals surface area contributed by atoms with E-state index in [1.54, 1.807) is 0 Å². The average Bonchev–Trinajstić information content (AvgIpc) is 2.79. The first-order valence-electron chi connectivity index (χ1n) is 9.47. The Bertz CT molecular complexity index is 1040. The minimum Gasteiger partial charge on any atom is -0.493 e. The first-order valence-corrected chi connectivity index (χ1v) is 10.9. The number of anilines is 1. The molecule has 1 aliphatic heterocycles. The summed E-state index contributed by atoms with van der Waals surface area (Å²) in [6.45, 7) is 0.518. The van der Waals surface area contributed by atoms with E-state index in [1.807, 2.05) is 0 Å². The molecule has 168 valence electrons. The van der Waals surface area contributed by atoms with Crippen molar-refractivity contribution in [2.75, 3.05) is 51.9 Å². The standard InChI is InChI=1S/C20H23FN2O7S/c1-28-17-5-2-14(12-18(17)30-11-8-24)20(25)22-15-3-4-16(21)19(13-15)31(26,27)23-6-9-29-10-7-23/h2-5,12-13,24H,6-11H2,1H3,(H,22,25). The van der Waals surface area contributed by atoms with Gasteiger partial charge in [-0.15, -0.1) is 0 Å². The lowest BCUT2D eigenvalue weighted by Gasteiger charge is -2.26. The Morgan fingerprint density at radius 3 is 2.61 bits per heavy atom. The van der Waals surface area contributed by atoms with Crippen LogP contribution in [0.15, 0.2) is 41.3 Å². The van der Waals surface area contributed by atoms with Gasteiger partial charge in [-0.25, -0.2) is 12.8 Å². The number of methoxy groups -OCH3 is 1. The van der Waals surface area contributed by atoms with E-state index in [4.69, 9.17) is 19.3 Å². The third-order valence-electron chi connectivity index (χ3n) is 4.55. The second kappa shape index (κ2) is 10.1. The lowest BCUT2D eigenvalue weighted by atomic mass is 10.2. The SMILES string of the molecule is COc1ccc(C(=O)Nc2ccc(F)c(S(=O)(=O)N3CCOCC3)c2)cc1OCCO. The number of nitrogens with one attached hydrogen (secondary N) is 1. The van der Waals surface area contributed by atoms with Crippen molar-refractivity contribution in [3.05, 3.63) is 47.8 Å². The molecule has 1 aliphatic rings. The number of ether oxygens (including phenoxy) is 3. The van der Waals surface area contributed by atoms with Gasteiger partial charge in [0.1, 0.15) is 17.3 Å². The molecule has 1 heterocycles. The van der Waals surface area contributed by atoms with Gasteiger partial charge in [0.2, 0.25) is 10.0 Å². The van der Waals surface area contributed by atoms with Gasteiger partial charge in [-0.3, -0.25) is 4.79 Å². The van der Waals surface area contributed by atoms with Gasteiger partial charge in [-0.05, 0) is 36.4 Å². The smallest absolute Gasteiger partial charge is 0.255 e. The molecule has 0 spiro atoms. The van der Waals surface area contributed by atoms with Crippen LogP contribution in [0.5, 0.6) is 11.5 Å². The lowest BCUT2D eigenvalue weighted by Crippen LogP contribution is -2.40. The van der Waals surface area contributed by atoms with Crippen LogP contribution in [-0.2, 0) is 14.8 Å². The van der Waals surface area contributed by atoms with Crippen LogP contribution < -0.4 is 14.8 Å². The maximum Gasteiger partial charge on any atom is 0.255 e. The predicted molar refractivity (Wildman–Crippen MR) is 110 cm³/mol. The summed E-state index contributed by atoms with van der Waals surface area (Å²) in [6.07, 6.45) is 0. The maximum atomic E-state index is 14.3. The van der Waals surface area contributed by atoms with Crippen molar-refractivity contribution in [2.45, 2.75) is 4.90 Å². The molecular weight excluding hydrogens is 431 g/mol. The number of carbonyl (C=O) groups is 1. The summed E-state index contributed by atoms with van der Waals surface area (Å²) in [5.41, 5.74) is 0.322. The topological polar surface area (TPSA) is 114 Å². The first kappa shape index (κ1) is 22.9. The van der Waals surface area contributed by atoms with Crippen molar-refractivity contribution < 1.29 is 36.9 Å². The number of halogens is 1. The van der Waals surface area contributed by atoms with Gasteiger partial charge in [0.25, 0.3) is 5.91 Å². The van der Waals surface area contributed by atoms with Gasteiger partial charge in [0.05, 0.1) is 26.9 Å². The lowest BCUT2D eigenvalue weighted by molar-refractivity contribution is 0.0729. The van der Waals surface area contributed by atoms with Crippen molar-refractivity contribution in [1.82, 2.24) is 4.31 Å². The Hall–Kier alpha value is -2.73. The monoisotopic (exact) mass is 454 g/mol. The summed E-state index contributed by atoms with van der Waals surface area (Å²) in [5.74, 6) is -0.823. The molecule has 0 atom stereocenters. The van der Waals surface area contributed by atoms with E-state index in [0.717, 1.165) is 16.4 Å². The highest BCUT2D eigenvalue weighted by Crippen LogP contribution is 2.29. The Morgan fingerprint density at radius 2 is 1.94 bits per heavy atom. The molecule has 0 radical (unpaired) electrons. The Labute approximate surface area is 179 Å². The molecule has 1 saturated heterocycles. The molecule has 2 N–H and O–H groups in total. The van der Waals surface area contributed by atoms with Crippen molar-refractivity contribution in [3.63, 3.8) is 0 Å². The molecule has 3 rings (SSSR count). The van der Waals surface area contributed by atoms with Crippen molar-refractivity contribution in [1.29, 1.82) is 0 Å². The number of hydrogen-bond acceptors (Lipinski definition) is 7. The van der Waals surface area contributed by atoms with Crippen LogP contribution in [0.25, 0.3) is 0 Å². The van der Waals surface area contributed by atoms with Crippen LogP contribution in [-0.4, -0.2) is 70.4 Å². The molecule has 0 bridgehead atoms. The summed E-state index contributed by atoms with van der Waals surface area (Å²) in [7, 11) is -2.63. The summed E-state index contributed by atoms with van der Waals surface area (Å²) < 4.78 is 56.8. The molecule has 1 fully saturated rings. The Balaban J connectivity index is 1.83. The van der Waals surface area contributed by atoms with Crippen LogP contribution in [0.3, 0.4) is 0 Å². The van der Waals surface area contributed by atoms with Gasteiger partial charge >= 0.3 is 0 Å². The molecule has 0 aromatic heterocycles. The van der Waals surface area contributed by atoms with E-state index in [1.165, 1.54) is 31.4 Å². The fourth-order valence-corrected chi connectivity index (χ4v) is 4.49. The Kier molecular flexibility index (Phi) is 7.44. The zero-order valence-electron chi connectivity index (χ0n) is 16.8. The molecule has 0 unspecified atom stereocenters. The summed E-state index contributed by atoms with van der Waals surface area (Å²) in [6, 6.07) is 7.81. The zero-order valence-corrected chi connectivity index (χ0v) is 17.7. The van der Waals surface area contributed by atoms with E-state index in [0.29, 0.717) is 5.75 Å². The molecule has 11 heteroatoms. The number of aliphatic hydroxyl groups excluding tert-OH is 1. The van der Waals surface area contributed by atoms with Crippen LogP contribution >= 0.6 is 0 Å². The van der Waals surface area contributed by atoms with Gasteiger partial charge < -0.3 is 24.6 Å². The second-order valence-corrected chi connectivity index (χ2v) is 8.46. The maximum absolute atomic E-state index is 14.3. The van der Waals surface area contributed by atoms with Crippen molar-refractivity contribution >= 4 is 21.6 Å². The molecule has 2 aromatic carbocycles. The fourth-order valence-electron chi connectivity index (χ4n) is 2.99. The third kappa shape index (κ3) is 5.31. The van der Waals surface area contributed by atoms with E-state index in [2.05, 4.69) is 5.32 Å². The summed E-state index contributed by atoms with van der Waals surface area (Å²) >= 11 is 0. The van der Waals surface area contributed by atoms with Gasteiger partial charge in [0.15, 0.2) is 11.5 Å². The molecule has 9 nitrogen and oxygen atoms in total.